The second-order valence-electron chi connectivity index (χ2n) is 15.9. The largest absolute Gasteiger partial charge is 0.416 e. The summed E-state index contributed by atoms with van der Waals surface area (Å²) in [4.78, 5) is 11.8. The predicted molar refractivity (Wildman–Crippen MR) is 246 cm³/mol. The first kappa shape index (κ1) is 39.1. The van der Waals surface area contributed by atoms with E-state index in [0.717, 1.165) is 46.5 Å². The molecule has 0 amide bonds. The molecule has 1 aliphatic heterocycles. The van der Waals surface area contributed by atoms with E-state index in [9.17, 15) is 26.3 Å². The fraction of sp³-hybridized carbons (Fsp3) is 0.0566. The second kappa shape index (κ2) is 14.2. The van der Waals surface area contributed by atoms with Gasteiger partial charge in [-0.2, -0.15) is 26.3 Å². The van der Waals surface area contributed by atoms with E-state index in [0.29, 0.717) is 30.5 Å². The first-order valence-electron chi connectivity index (χ1n) is 20.3. The Bertz CT molecular complexity index is 3370. The quantitative estimate of drug-likeness (QED) is 0.165. The van der Waals surface area contributed by atoms with Gasteiger partial charge < -0.3 is 0 Å². The summed E-state index contributed by atoms with van der Waals surface area (Å²) in [5.41, 5.74) is 10.9. The monoisotopic (exact) mass is 902 g/mol. The predicted octanol–water partition coefficient (Wildman–Crippen LogP) is 16.4. The molecule has 10 aromatic rings. The van der Waals surface area contributed by atoms with E-state index in [-0.39, 0.29) is 11.0 Å². The molecule has 1 aliphatic carbocycles. The number of rotatable bonds is 4. The highest BCUT2D eigenvalue weighted by atomic mass is 32.2. The molecule has 2 aliphatic rings. The third-order valence-electron chi connectivity index (χ3n) is 12.3. The van der Waals surface area contributed by atoms with Crippen LogP contribution in [0.5, 0.6) is 0 Å². The average Bonchev–Trinajstić information content (AvgIpc) is 4.02. The summed E-state index contributed by atoms with van der Waals surface area (Å²) in [6.07, 6.45) is -9.04. The number of nitrogens with zero attached hydrogens (tertiary/aromatic N) is 2. The van der Waals surface area contributed by atoms with Gasteiger partial charge in [-0.3, -0.25) is 0 Å². The zero-order valence-electron chi connectivity index (χ0n) is 33.1. The van der Waals surface area contributed by atoms with Crippen LogP contribution in [0.15, 0.2) is 180 Å². The first-order chi connectivity index (χ1) is 30.9. The van der Waals surface area contributed by atoms with Crippen molar-refractivity contribution in [3.63, 3.8) is 0 Å². The van der Waals surface area contributed by atoms with Crippen LogP contribution < -0.4 is 0 Å². The molecule has 2 nitrogen and oxygen atoms in total. The van der Waals surface area contributed by atoms with Crippen LogP contribution in [0.4, 0.5) is 26.3 Å². The maximum atomic E-state index is 13.6. The van der Waals surface area contributed by atoms with Gasteiger partial charge in [-0.25, -0.2) is 9.97 Å². The molecule has 0 fully saturated rings. The third kappa shape index (κ3) is 6.16. The number of hydrogen-bond donors (Lipinski definition) is 0. The molecule has 8 aromatic carbocycles. The van der Waals surface area contributed by atoms with Crippen molar-refractivity contribution in [3.05, 3.63) is 203 Å². The van der Waals surface area contributed by atoms with E-state index in [1.165, 1.54) is 78.0 Å². The van der Waals surface area contributed by atoms with Crippen molar-refractivity contribution >= 4 is 54.9 Å². The summed E-state index contributed by atoms with van der Waals surface area (Å²) in [5.74, 6) is 0. The highest BCUT2D eigenvalue weighted by Crippen LogP contribution is 2.62. The zero-order chi connectivity index (χ0) is 43.5. The van der Waals surface area contributed by atoms with Crippen LogP contribution in [0.1, 0.15) is 33.4 Å². The van der Waals surface area contributed by atoms with Crippen LogP contribution in [0.3, 0.4) is 0 Å². The topological polar surface area (TPSA) is 25.8 Å². The molecule has 64 heavy (non-hydrogen) atoms. The lowest BCUT2D eigenvalue weighted by molar-refractivity contribution is -0.138. The molecule has 0 radical (unpaired) electrons. The van der Waals surface area contributed by atoms with Gasteiger partial charge >= 0.3 is 12.4 Å². The number of fused-ring (bicyclic) bond motifs is 11. The molecule has 0 N–H and O–H groups in total. The third-order valence-corrected chi connectivity index (χ3v) is 15.6. The van der Waals surface area contributed by atoms with E-state index in [2.05, 4.69) is 113 Å². The van der Waals surface area contributed by atoms with Gasteiger partial charge in [0.15, 0.2) is 0 Å². The van der Waals surface area contributed by atoms with Gasteiger partial charge in [0, 0.05) is 20.9 Å². The summed E-state index contributed by atoms with van der Waals surface area (Å²) in [7, 11) is 0. The van der Waals surface area contributed by atoms with E-state index in [1.54, 1.807) is 0 Å². The van der Waals surface area contributed by atoms with Crippen LogP contribution in [0, 0.1) is 0 Å². The summed E-state index contributed by atoms with van der Waals surface area (Å²) in [6, 6.07) is 53.9. The molecule has 310 valence electrons. The van der Waals surface area contributed by atoms with Gasteiger partial charge in [0.2, 0.25) is 0 Å². The van der Waals surface area contributed by atoms with Crippen LogP contribution in [-0.4, -0.2) is 9.97 Å². The maximum absolute atomic E-state index is 13.6. The molecule has 0 unspecified atom stereocenters. The number of alkyl halides is 6. The fourth-order valence-corrected chi connectivity index (χ4v) is 12.4. The van der Waals surface area contributed by atoms with Crippen molar-refractivity contribution in [2.75, 3.05) is 0 Å². The van der Waals surface area contributed by atoms with Gasteiger partial charge in [0.05, 0.1) is 37.0 Å². The van der Waals surface area contributed by atoms with Gasteiger partial charge in [-0.1, -0.05) is 109 Å². The Kier molecular flexibility index (Phi) is 8.70. The number of halogens is 6. The summed E-state index contributed by atoms with van der Waals surface area (Å²) in [5, 5.41) is 1.01. The zero-order valence-corrected chi connectivity index (χ0v) is 35.5. The Morgan fingerprint density at radius 2 is 0.828 bits per heavy atom. The Balaban J connectivity index is 0.963. The molecule has 1 spiro atoms. The molecule has 2 aromatic heterocycles. The molecule has 11 heteroatoms. The van der Waals surface area contributed by atoms with Crippen LogP contribution in [0.25, 0.3) is 75.0 Å². The Morgan fingerprint density at radius 3 is 1.38 bits per heavy atom. The van der Waals surface area contributed by atoms with Gasteiger partial charge in [-0.05, 0) is 128 Å². The highest BCUT2D eigenvalue weighted by molar-refractivity contribution is 7.99. The molecule has 0 atom stereocenters. The lowest BCUT2D eigenvalue weighted by Crippen LogP contribution is -2.31. The van der Waals surface area contributed by atoms with Gasteiger partial charge in [-0.15, -0.1) is 22.7 Å². The smallest absolute Gasteiger partial charge is 0.236 e. The first-order valence-corrected chi connectivity index (χ1v) is 22.7. The lowest BCUT2D eigenvalue weighted by atomic mass is 9.67. The standard InChI is InChI=1S/C53H28F6N2S3/c54-52(55,56)35-18-21-47-43(27-35)60-49(63-47)33-23-32(24-34(25-33)50-61-44-28-36(53(57,58)59)19-22-48(44)64-50)30-15-13-29(14-16-30)31-17-20-40-38(26-31)37-7-1-2-8-39(37)51(40)41-9-3-5-11-45(41)62-46-12-6-4-10-42(46)51/h1-28H. The molecule has 3 heterocycles. The minimum atomic E-state index is -4.52. The minimum absolute atomic E-state index is 0.226. The van der Waals surface area contributed by atoms with Crippen molar-refractivity contribution < 1.29 is 26.3 Å². The van der Waals surface area contributed by atoms with Crippen molar-refractivity contribution in [2.24, 2.45) is 0 Å². The summed E-state index contributed by atoms with van der Waals surface area (Å²) in [6.45, 7) is 0. The normalized spacial score (nSPS) is 13.8. The minimum Gasteiger partial charge on any atom is -0.236 e. The molecular formula is C53H28F6N2S3. The number of aromatic nitrogens is 2. The summed E-state index contributed by atoms with van der Waals surface area (Å²) >= 11 is 4.36. The van der Waals surface area contributed by atoms with Crippen LogP contribution in [0.2, 0.25) is 0 Å². The number of hydrogen-bond acceptors (Lipinski definition) is 5. The van der Waals surface area contributed by atoms with E-state index in [1.807, 2.05) is 42.1 Å². The second-order valence-corrected chi connectivity index (χ2v) is 19.1. The van der Waals surface area contributed by atoms with E-state index >= 15 is 0 Å². The SMILES string of the molecule is FC(F)(F)c1ccc2sc(-c3cc(-c4ccc(-c5ccc6c(c5)-c5ccccc5C65c6ccccc6Sc6ccccc65)cc4)cc(-c4nc5cc(C(F)(F)F)ccc5s4)c3)nc2c1. The van der Waals surface area contributed by atoms with Crippen LogP contribution in [-0.2, 0) is 17.8 Å². The van der Waals surface area contributed by atoms with Crippen LogP contribution >= 0.6 is 34.4 Å². The Morgan fingerprint density at radius 1 is 0.375 bits per heavy atom. The van der Waals surface area contributed by atoms with Gasteiger partial charge in [0.1, 0.15) is 10.0 Å². The van der Waals surface area contributed by atoms with Gasteiger partial charge in [0.25, 0.3) is 0 Å². The molecule has 0 bridgehead atoms. The van der Waals surface area contributed by atoms with Crippen molar-refractivity contribution in [3.8, 4) is 54.5 Å². The highest BCUT2D eigenvalue weighted by Gasteiger charge is 2.50. The Hall–Kier alpha value is -6.53. The van der Waals surface area contributed by atoms with Crippen molar-refractivity contribution in [1.29, 1.82) is 0 Å². The fourth-order valence-electron chi connectivity index (χ4n) is 9.39. The average molecular weight is 903 g/mol. The molecule has 0 saturated heterocycles. The van der Waals surface area contributed by atoms with Crippen molar-refractivity contribution in [2.45, 2.75) is 27.6 Å². The maximum Gasteiger partial charge on any atom is 0.416 e. The number of benzene rings is 8. The Labute approximate surface area is 374 Å². The number of thiazole rings is 2. The lowest BCUT2D eigenvalue weighted by Gasteiger charge is -2.39. The van der Waals surface area contributed by atoms with E-state index in [4.69, 9.17) is 0 Å². The molecule has 0 saturated carbocycles. The summed E-state index contributed by atoms with van der Waals surface area (Å²) < 4.78 is 83.0. The molecular weight excluding hydrogens is 875 g/mol. The van der Waals surface area contributed by atoms with E-state index < -0.39 is 28.9 Å². The van der Waals surface area contributed by atoms with Crippen molar-refractivity contribution in [1.82, 2.24) is 9.97 Å². The molecule has 12 rings (SSSR count).